The molecule has 2 aromatic rings. The average Bonchev–Trinajstić information content (AvgIpc) is 3.47. The standard InChI is InChI=1S/C26H30N2O5.ClH/c29-23(30)21-8-4-5-9-22(21)25(11-12-25)27-24(31)26(13-16-32-17-14-26)28-15-10-20(18-28)33-19-6-2-1-3-7-19;/h1-9,20H,10-18H2,(H,27,31)(H,29,30);1H/t20-;/m1./s1. The molecule has 182 valence electrons. The van der Waals surface area contributed by atoms with Crippen molar-refractivity contribution in [3.63, 3.8) is 0 Å². The molecular formula is C26H31ClN2O5. The number of amides is 1. The molecule has 2 saturated heterocycles. The fourth-order valence-electron chi connectivity index (χ4n) is 5.31. The third-order valence-electron chi connectivity index (χ3n) is 7.31. The summed E-state index contributed by atoms with van der Waals surface area (Å²) in [4.78, 5) is 27.9. The lowest BCUT2D eigenvalue weighted by Crippen LogP contribution is -2.62. The van der Waals surface area contributed by atoms with Gasteiger partial charge in [-0.25, -0.2) is 4.79 Å². The molecule has 1 saturated carbocycles. The molecule has 0 bridgehead atoms. The number of halogens is 1. The van der Waals surface area contributed by atoms with E-state index in [2.05, 4.69) is 10.2 Å². The van der Waals surface area contributed by atoms with Gasteiger partial charge in [0.25, 0.3) is 0 Å². The first-order chi connectivity index (χ1) is 16.0. The average molecular weight is 487 g/mol. The van der Waals surface area contributed by atoms with Crippen LogP contribution >= 0.6 is 12.4 Å². The van der Waals surface area contributed by atoms with Gasteiger partial charge in [0.2, 0.25) is 5.91 Å². The lowest BCUT2D eigenvalue weighted by Gasteiger charge is -2.44. The van der Waals surface area contributed by atoms with Crippen LogP contribution in [0.25, 0.3) is 0 Å². The molecule has 8 heteroatoms. The van der Waals surface area contributed by atoms with Crippen molar-refractivity contribution in [2.45, 2.75) is 49.3 Å². The van der Waals surface area contributed by atoms with Gasteiger partial charge in [-0.1, -0.05) is 36.4 Å². The van der Waals surface area contributed by atoms with Gasteiger partial charge in [0.05, 0.1) is 11.1 Å². The minimum Gasteiger partial charge on any atom is -0.489 e. The Morgan fingerprint density at radius 2 is 1.68 bits per heavy atom. The van der Waals surface area contributed by atoms with Crippen LogP contribution in [0.2, 0.25) is 0 Å². The number of carbonyl (C=O) groups is 2. The van der Waals surface area contributed by atoms with Crippen LogP contribution in [-0.2, 0) is 15.1 Å². The number of hydrogen-bond acceptors (Lipinski definition) is 5. The van der Waals surface area contributed by atoms with Crippen LogP contribution in [0.4, 0.5) is 0 Å². The normalized spacial score (nSPS) is 22.9. The highest BCUT2D eigenvalue weighted by atomic mass is 35.5. The number of carboxylic acids is 1. The number of rotatable bonds is 7. The van der Waals surface area contributed by atoms with E-state index in [0.29, 0.717) is 38.2 Å². The Kier molecular flexibility index (Phi) is 7.17. The molecule has 1 aliphatic carbocycles. The topological polar surface area (TPSA) is 88.1 Å². The number of carbonyl (C=O) groups excluding carboxylic acids is 1. The summed E-state index contributed by atoms with van der Waals surface area (Å²) in [6, 6.07) is 16.8. The number of nitrogens with zero attached hydrogens (tertiary/aromatic N) is 1. The summed E-state index contributed by atoms with van der Waals surface area (Å²) < 4.78 is 11.8. The van der Waals surface area contributed by atoms with Crippen molar-refractivity contribution in [2.75, 3.05) is 26.3 Å². The van der Waals surface area contributed by atoms with E-state index < -0.39 is 17.0 Å². The molecule has 0 aromatic heterocycles. The number of hydrogen-bond donors (Lipinski definition) is 2. The zero-order valence-corrected chi connectivity index (χ0v) is 19.9. The summed E-state index contributed by atoms with van der Waals surface area (Å²) in [5, 5.41) is 13.0. The first-order valence-corrected chi connectivity index (χ1v) is 11.7. The van der Waals surface area contributed by atoms with Crippen molar-refractivity contribution in [3.8, 4) is 5.75 Å². The number of carboxylic acid groups (broad SMARTS) is 1. The molecule has 34 heavy (non-hydrogen) atoms. The molecule has 2 heterocycles. The van der Waals surface area contributed by atoms with Crippen LogP contribution in [0, 0.1) is 0 Å². The monoisotopic (exact) mass is 486 g/mol. The van der Waals surface area contributed by atoms with E-state index in [4.69, 9.17) is 9.47 Å². The third-order valence-corrected chi connectivity index (χ3v) is 7.31. The minimum atomic E-state index is -0.965. The van der Waals surface area contributed by atoms with Crippen LogP contribution in [0.5, 0.6) is 5.75 Å². The summed E-state index contributed by atoms with van der Waals surface area (Å²) in [6.07, 6.45) is 3.62. The van der Waals surface area contributed by atoms with E-state index in [1.807, 2.05) is 42.5 Å². The summed E-state index contributed by atoms with van der Waals surface area (Å²) in [5.41, 5.74) is -0.314. The Hall–Kier alpha value is -2.61. The number of ether oxygens (including phenoxy) is 2. The van der Waals surface area contributed by atoms with Gasteiger partial charge < -0.3 is 19.9 Å². The molecule has 2 aliphatic heterocycles. The first kappa shape index (κ1) is 24.5. The number of likely N-dealkylation sites (tertiary alicyclic amines) is 1. The Balaban J connectivity index is 0.00000274. The minimum absolute atomic E-state index is 0. The molecule has 7 nitrogen and oxygen atoms in total. The molecule has 3 fully saturated rings. The van der Waals surface area contributed by atoms with Crippen molar-refractivity contribution in [1.29, 1.82) is 0 Å². The molecule has 0 unspecified atom stereocenters. The lowest BCUT2D eigenvalue weighted by molar-refractivity contribution is -0.141. The highest BCUT2D eigenvalue weighted by Crippen LogP contribution is 2.48. The summed E-state index contributed by atoms with van der Waals surface area (Å²) in [7, 11) is 0. The first-order valence-electron chi connectivity index (χ1n) is 11.7. The van der Waals surface area contributed by atoms with Crippen molar-refractivity contribution in [2.24, 2.45) is 0 Å². The fraction of sp³-hybridized carbons (Fsp3) is 0.462. The second-order valence-corrected chi connectivity index (χ2v) is 9.32. The van der Waals surface area contributed by atoms with Gasteiger partial charge in [-0.3, -0.25) is 9.69 Å². The summed E-state index contributed by atoms with van der Waals surface area (Å²) >= 11 is 0. The highest BCUT2D eigenvalue weighted by Gasteiger charge is 2.54. The van der Waals surface area contributed by atoms with E-state index in [9.17, 15) is 14.7 Å². The zero-order valence-electron chi connectivity index (χ0n) is 19.1. The number of aromatic carboxylic acids is 1. The maximum Gasteiger partial charge on any atom is 0.336 e. The largest absolute Gasteiger partial charge is 0.489 e. The van der Waals surface area contributed by atoms with Crippen LogP contribution in [0.3, 0.4) is 0 Å². The van der Waals surface area contributed by atoms with Crippen molar-refractivity contribution in [1.82, 2.24) is 10.2 Å². The second kappa shape index (κ2) is 9.94. The lowest BCUT2D eigenvalue weighted by atomic mass is 9.86. The Labute approximate surface area is 205 Å². The number of para-hydroxylation sites is 1. The maximum absolute atomic E-state index is 13.9. The fourth-order valence-corrected chi connectivity index (χ4v) is 5.31. The van der Waals surface area contributed by atoms with Crippen LogP contribution in [-0.4, -0.2) is 59.8 Å². The molecular weight excluding hydrogens is 456 g/mol. The van der Waals surface area contributed by atoms with Crippen molar-refractivity contribution < 1.29 is 24.2 Å². The summed E-state index contributed by atoms with van der Waals surface area (Å²) in [5.74, 6) is -0.145. The predicted octanol–water partition coefficient (Wildman–Crippen LogP) is 3.61. The molecule has 5 rings (SSSR count). The van der Waals surface area contributed by atoms with E-state index in [1.54, 1.807) is 12.1 Å². The van der Waals surface area contributed by atoms with E-state index in [0.717, 1.165) is 31.6 Å². The predicted molar refractivity (Wildman–Crippen MR) is 130 cm³/mol. The number of benzene rings is 2. The van der Waals surface area contributed by atoms with E-state index >= 15 is 0 Å². The zero-order chi connectivity index (χ0) is 22.9. The van der Waals surface area contributed by atoms with Crippen LogP contribution < -0.4 is 10.1 Å². The smallest absolute Gasteiger partial charge is 0.336 e. The van der Waals surface area contributed by atoms with Crippen LogP contribution in [0.1, 0.15) is 48.0 Å². The molecule has 1 amide bonds. The van der Waals surface area contributed by atoms with E-state index in [1.165, 1.54) is 0 Å². The Morgan fingerprint density at radius 1 is 1.00 bits per heavy atom. The van der Waals surface area contributed by atoms with Crippen molar-refractivity contribution in [3.05, 3.63) is 65.7 Å². The molecule has 3 aliphatic rings. The summed E-state index contributed by atoms with van der Waals surface area (Å²) in [6.45, 7) is 2.53. The van der Waals surface area contributed by atoms with Crippen LogP contribution in [0.15, 0.2) is 54.6 Å². The van der Waals surface area contributed by atoms with Gasteiger partial charge in [0, 0.05) is 26.3 Å². The van der Waals surface area contributed by atoms with Gasteiger partial charge in [0.1, 0.15) is 17.4 Å². The van der Waals surface area contributed by atoms with Gasteiger partial charge in [-0.05, 0) is 55.9 Å². The van der Waals surface area contributed by atoms with Gasteiger partial charge in [-0.15, -0.1) is 12.4 Å². The maximum atomic E-state index is 13.9. The highest BCUT2D eigenvalue weighted by molar-refractivity contribution is 5.92. The van der Waals surface area contributed by atoms with Gasteiger partial charge in [0.15, 0.2) is 0 Å². The Bertz CT molecular complexity index is 1020. The molecule has 2 N–H and O–H groups in total. The van der Waals surface area contributed by atoms with Crippen molar-refractivity contribution >= 4 is 24.3 Å². The third kappa shape index (κ3) is 4.65. The number of nitrogens with one attached hydrogen (secondary N) is 1. The SMILES string of the molecule is Cl.O=C(O)c1ccccc1C1(NC(=O)C2(N3CC[C@@H](Oc4ccccc4)C3)CCOCC2)CC1. The van der Waals surface area contributed by atoms with Gasteiger partial charge >= 0.3 is 5.97 Å². The molecule has 0 spiro atoms. The second-order valence-electron chi connectivity index (χ2n) is 9.32. The molecule has 1 atom stereocenters. The Morgan fingerprint density at radius 3 is 2.35 bits per heavy atom. The van der Waals surface area contributed by atoms with E-state index in [-0.39, 0.29) is 30.0 Å². The quantitative estimate of drug-likeness (QED) is 0.621. The van der Waals surface area contributed by atoms with Gasteiger partial charge in [-0.2, -0.15) is 0 Å². The molecule has 2 aromatic carbocycles. The molecule has 0 radical (unpaired) electrons.